The Bertz CT molecular complexity index is 612. The second-order valence-corrected chi connectivity index (χ2v) is 4.17. The Morgan fingerprint density at radius 2 is 2.10 bits per heavy atom. The standard InChI is InChI=1S/C13H15FN4O3/c1-21-7-6-15-13(20)12-11(8-19)16-18(17-12)10-4-2-9(14)3-5-10/h2-5,19H,6-8H2,1H3,(H,15,20). The van der Waals surface area contributed by atoms with Gasteiger partial charge in [-0.05, 0) is 24.3 Å². The van der Waals surface area contributed by atoms with Crippen LogP contribution in [-0.4, -0.2) is 46.3 Å². The van der Waals surface area contributed by atoms with E-state index in [9.17, 15) is 14.3 Å². The molecule has 2 rings (SSSR count). The van der Waals surface area contributed by atoms with E-state index in [1.807, 2.05) is 0 Å². The molecule has 1 heterocycles. The predicted octanol–water partition coefficient (Wildman–Crippen LogP) is 0.275. The van der Waals surface area contributed by atoms with Crippen LogP contribution in [0.5, 0.6) is 0 Å². The lowest BCUT2D eigenvalue weighted by molar-refractivity contribution is 0.0928. The summed E-state index contributed by atoms with van der Waals surface area (Å²) in [5.41, 5.74) is 0.661. The van der Waals surface area contributed by atoms with Crippen LogP contribution in [-0.2, 0) is 11.3 Å². The van der Waals surface area contributed by atoms with Gasteiger partial charge in [-0.2, -0.15) is 4.80 Å². The van der Waals surface area contributed by atoms with Crippen LogP contribution in [0.4, 0.5) is 4.39 Å². The van der Waals surface area contributed by atoms with Crippen LogP contribution in [0.2, 0.25) is 0 Å². The molecule has 8 heteroatoms. The molecule has 0 fully saturated rings. The van der Waals surface area contributed by atoms with Crippen LogP contribution in [0.15, 0.2) is 24.3 Å². The van der Waals surface area contributed by atoms with E-state index < -0.39 is 12.5 Å². The number of aromatic nitrogens is 3. The van der Waals surface area contributed by atoms with Crippen LogP contribution in [0, 0.1) is 5.82 Å². The molecule has 0 bridgehead atoms. The zero-order valence-corrected chi connectivity index (χ0v) is 11.4. The van der Waals surface area contributed by atoms with E-state index >= 15 is 0 Å². The quantitative estimate of drug-likeness (QED) is 0.747. The van der Waals surface area contributed by atoms with E-state index in [4.69, 9.17) is 4.74 Å². The van der Waals surface area contributed by atoms with Gasteiger partial charge in [0.1, 0.15) is 11.5 Å². The number of aliphatic hydroxyl groups is 1. The van der Waals surface area contributed by atoms with Crippen LogP contribution in [0.1, 0.15) is 16.2 Å². The van der Waals surface area contributed by atoms with Gasteiger partial charge >= 0.3 is 0 Å². The topological polar surface area (TPSA) is 89.3 Å². The van der Waals surface area contributed by atoms with Gasteiger partial charge in [0, 0.05) is 13.7 Å². The molecule has 0 aliphatic heterocycles. The average Bonchev–Trinajstić information content (AvgIpc) is 2.92. The summed E-state index contributed by atoms with van der Waals surface area (Å²) < 4.78 is 17.7. The first-order chi connectivity index (χ1) is 10.2. The third kappa shape index (κ3) is 3.61. The molecule has 1 aromatic carbocycles. The highest BCUT2D eigenvalue weighted by atomic mass is 19.1. The fourth-order valence-corrected chi connectivity index (χ4v) is 1.66. The molecule has 1 amide bonds. The Labute approximate surface area is 120 Å². The summed E-state index contributed by atoms with van der Waals surface area (Å²) in [6.07, 6.45) is 0. The van der Waals surface area contributed by atoms with Gasteiger partial charge in [-0.15, -0.1) is 10.2 Å². The van der Waals surface area contributed by atoms with Crippen molar-refractivity contribution in [2.45, 2.75) is 6.61 Å². The number of hydrogen-bond acceptors (Lipinski definition) is 5. The minimum absolute atomic E-state index is 0.0259. The molecular weight excluding hydrogens is 279 g/mol. The maximum absolute atomic E-state index is 12.9. The monoisotopic (exact) mass is 294 g/mol. The van der Waals surface area contributed by atoms with Crippen molar-refractivity contribution in [2.24, 2.45) is 0 Å². The molecule has 0 spiro atoms. The molecule has 7 nitrogen and oxygen atoms in total. The second-order valence-electron chi connectivity index (χ2n) is 4.17. The van der Waals surface area contributed by atoms with E-state index in [0.29, 0.717) is 18.8 Å². The summed E-state index contributed by atoms with van der Waals surface area (Å²) in [7, 11) is 1.52. The lowest BCUT2D eigenvalue weighted by atomic mass is 10.3. The Morgan fingerprint density at radius 1 is 1.38 bits per heavy atom. The van der Waals surface area contributed by atoms with E-state index in [0.717, 1.165) is 0 Å². The van der Waals surface area contributed by atoms with Gasteiger partial charge in [-0.3, -0.25) is 4.79 Å². The van der Waals surface area contributed by atoms with Crippen molar-refractivity contribution in [2.75, 3.05) is 20.3 Å². The van der Waals surface area contributed by atoms with Crippen molar-refractivity contribution < 1.29 is 19.0 Å². The maximum atomic E-state index is 12.9. The number of aliphatic hydroxyl groups excluding tert-OH is 1. The van der Waals surface area contributed by atoms with Crippen LogP contribution in [0.25, 0.3) is 5.69 Å². The number of methoxy groups -OCH3 is 1. The Morgan fingerprint density at radius 3 is 2.71 bits per heavy atom. The Balaban J connectivity index is 2.22. The summed E-state index contributed by atoms with van der Waals surface area (Å²) in [5, 5.41) is 19.9. The summed E-state index contributed by atoms with van der Waals surface area (Å²) >= 11 is 0. The van der Waals surface area contributed by atoms with Gasteiger partial charge in [-0.25, -0.2) is 4.39 Å². The molecule has 21 heavy (non-hydrogen) atoms. The fraction of sp³-hybridized carbons (Fsp3) is 0.308. The Kier molecular flexibility index (Phi) is 4.96. The second kappa shape index (κ2) is 6.91. The molecule has 0 atom stereocenters. The van der Waals surface area contributed by atoms with E-state index in [1.54, 1.807) is 0 Å². The molecule has 1 aromatic heterocycles. The lowest BCUT2D eigenvalue weighted by Gasteiger charge is -2.02. The van der Waals surface area contributed by atoms with Crippen molar-refractivity contribution in [1.29, 1.82) is 0 Å². The lowest BCUT2D eigenvalue weighted by Crippen LogP contribution is -2.28. The molecule has 0 saturated heterocycles. The van der Waals surface area contributed by atoms with Gasteiger partial charge in [0.15, 0.2) is 5.69 Å². The zero-order valence-electron chi connectivity index (χ0n) is 11.4. The number of carbonyl (C=O) groups excluding carboxylic acids is 1. The molecule has 0 saturated carbocycles. The van der Waals surface area contributed by atoms with Crippen molar-refractivity contribution in [1.82, 2.24) is 20.3 Å². The minimum Gasteiger partial charge on any atom is -0.390 e. The van der Waals surface area contributed by atoms with Crippen LogP contribution < -0.4 is 5.32 Å². The van der Waals surface area contributed by atoms with E-state index in [2.05, 4.69) is 15.5 Å². The molecule has 0 unspecified atom stereocenters. The molecule has 0 aliphatic carbocycles. The highest BCUT2D eigenvalue weighted by molar-refractivity contribution is 5.93. The van der Waals surface area contributed by atoms with E-state index in [1.165, 1.54) is 36.2 Å². The molecule has 0 radical (unpaired) electrons. The van der Waals surface area contributed by atoms with Crippen molar-refractivity contribution in [3.8, 4) is 5.69 Å². The minimum atomic E-state index is -0.454. The van der Waals surface area contributed by atoms with Gasteiger partial charge in [0.25, 0.3) is 5.91 Å². The van der Waals surface area contributed by atoms with Gasteiger partial charge in [-0.1, -0.05) is 0 Å². The first-order valence-corrected chi connectivity index (χ1v) is 6.26. The first kappa shape index (κ1) is 15.1. The number of halogens is 1. The third-order valence-corrected chi connectivity index (χ3v) is 2.70. The SMILES string of the molecule is COCCNC(=O)c1nn(-c2ccc(F)cc2)nc1CO. The van der Waals surface area contributed by atoms with Gasteiger partial charge in [0.2, 0.25) is 0 Å². The number of benzene rings is 1. The normalized spacial score (nSPS) is 10.6. The summed E-state index contributed by atoms with van der Waals surface area (Å²) in [6.45, 7) is 0.268. The smallest absolute Gasteiger partial charge is 0.273 e. The number of rotatable bonds is 6. The first-order valence-electron chi connectivity index (χ1n) is 6.26. The van der Waals surface area contributed by atoms with Gasteiger partial charge < -0.3 is 15.2 Å². The molecule has 2 aromatic rings. The molecular formula is C13H15FN4O3. The average molecular weight is 294 g/mol. The number of nitrogens with zero attached hydrogens (tertiary/aromatic N) is 3. The highest BCUT2D eigenvalue weighted by Gasteiger charge is 2.18. The number of amides is 1. The summed E-state index contributed by atoms with van der Waals surface area (Å²) in [6, 6.07) is 5.47. The third-order valence-electron chi connectivity index (χ3n) is 2.70. The van der Waals surface area contributed by atoms with Crippen LogP contribution >= 0.6 is 0 Å². The van der Waals surface area contributed by atoms with Gasteiger partial charge in [0.05, 0.1) is 18.9 Å². The Hall–Kier alpha value is -2.32. The molecule has 0 aliphatic rings. The number of nitrogens with one attached hydrogen (secondary N) is 1. The number of ether oxygens (including phenoxy) is 1. The fourth-order valence-electron chi connectivity index (χ4n) is 1.66. The maximum Gasteiger partial charge on any atom is 0.273 e. The molecule has 112 valence electrons. The van der Waals surface area contributed by atoms with Crippen molar-refractivity contribution in [3.05, 3.63) is 41.5 Å². The summed E-state index contributed by atoms with van der Waals surface area (Å²) in [5.74, 6) is -0.838. The number of carbonyl (C=O) groups is 1. The largest absolute Gasteiger partial charge is 0.390 e. The highest BCUT2D eigenvalue weighted by Crippen LogP contribution is 2.10. The summed E-state index contributed by atoms with van der Waals surface area (Å²) in [4.78, 5) is 13.1. The van der Waals surface area contributed by atoms with Crippen LogP contribution in [0.3, 0.4) is 0 Å². The molecule has 2 N–H and O–H groups in total. The predicted molar refractivity (Wildman–Crippen MR) is 71.4 cm³/mol. The van der Waals surface area contributed by atoms with E-state index in [-0.39, 0.29) is 17.2 Å². The zero-order chi connectivity index (χ0) is 15.2. The number of hydrogen-bond donors (Lipinski definition) is 2. The van der Waals surface area contributed by atoms with Crippen molar-refractivity contribution in [3.63, 3.8) is 0 Å². The van der Waals surface area contributed by atoms with Crippen molar-refractivity contribution >= 4 is 5.91 Å².